The molecule has 0 fully saturated rings. The Morgan fingerprint density at radius 2 is 1.81 bits per heavy atom. The van der Waals surface area contributed by atoms with E-state index in [-0.39, 0.29) is 11.9 Å². The molecule has 0 spiro atoms. The average molecular weight is 379 g/mol. The Labute approximate surface area is 141 Å². The first-order chi connectivity index (χ1) is 10.1. The van der Waals surface area contributed by atoms with Crippen molar-refractivity contribution >= 4 is 27.5 Å². The highest BCUT2D eigenvalue weighted by Gasteiger charge is 2.16. The topological polar surface area (TPSA) is 12.0 Å². The van der Waals surface area contributed by atoms with Gasteiger partial charge in [0.15, 0.2) is 0 Å². The molecule has 120 valence electrons. The van der Waals surface area contributed by atoms with E-state index in [1.165, 1.54) is 38.2 Å². The van der Waals surface area contributed by atoms with Gasteiger partial charge < -0.3 is 5.32 Å². The zero-order chi connectivity index (χ0) is 15.7. The average Bonchev–Trinajstić information content (AvgIpc) is 2.45. The summed E-state index contributed by atoms with van der Waals surface area (Å²) in [5.74, 6) is -0.191. The smallest absolute Gasteiger partial charge is 0.129 e. The number of benzene rings is 1. The molecule has 1 aromatic carbocycles. The summed E-state index contributed by atoms with van der Waals surface area (Å²) >= 11 is 9.37. The summed E-state index contributed by atoms with van der Waals surface area (Å²) in [7, 11) is 0. The van der Waals surface area contributed by atoms with E-state index in [2.05, 4.69) is 28.2 Å². The van der Waals surface area contributed by atoms with Gasteiger partial charge in [0.2, 0.25) is 0 Å². The summed E-state index contributed by atoms with van der Waals surface area (Å²) in [5.41, 5.74) is 0.679. The number of rotatable bonds is 10. The zero-order valence-electron chi connectivity index (χ0n) is 13.0. The molecule has 1 rings (SSSR count). The third-order valence-electron chi connectivity index (χ3n) is 3.71. The molecule has 1 aromatic rings. The van der Waals surface area contributed by atoms with Gasteiger partial charge in [-0.25, -0.2) is 4.39 Å². The molecule has 0 saturated carbocycles. The molecule has 4 heteroatoms. The molecule has 0 aliphatic heterocycles. The van der Waals surface area contributed by atoms with Crippen molar-refractivity contribution in [3.05, 3.63) is 33.0 Å². The lowest BCUT2D eigenvalue weighted by Gasteiger charge is -2.19. The fourth-order valence-corrected chi connectivity index (χ4v) is 3.04. The summed E-state index contributed by atoms with van der Waals surface area (Å²) in [6, 6.07) is 3.25. The Bertz CT molecular complexity index is 425. The highest BCUT2D eigenvalue weighted by molar-refractivity contribution is 9.10. The third kappa shape index (κ3) is 6.66. The molecular formula is C17H26BrClFN. The van der Waals surface area contributed by atoms with Crippen LogP contribution in [-0.4, -0.2) is 6.54 Å². The predicted molar refractivity (Wildman–Crippen MR) is 93.5 cm³/mol. The predicted octanol–water partition coefficient (Wildman–Crippen LogP) is 6.64. The minimum Gasteiger partial charge on any atom is -0.310 e. The van der Waals surface area contributed by atoms with Crippen molar-refractivity contribution < 1.29 is 4.39 Å². The molecule has 0 aliphatic carbocycles. The minimum atomic E-state index is -0.191. The number of unbranched alkanes of at least 4 members (excludes halogenated alkanes) is 5. The molecular weight excluding hydrogens is 353 g/mol. The molecule has 1 N–H and O–H groups in total. The minimum absolute atomic E-state index is 0.0479. The Kier molecular flexibility index (Phi) is 9.54. The summed E-state index contributed by atoms with van der Waals surface area (Å²) in [6.45, 7) is 5.10. The lowest BCUT2D eigenvalue weighted by atomic mass is 9.99. The lowest BCUT2D eigenvalue weighted by Crippen LogP contribution is -2.22. The normalized spacial score (nSPS) is 12.6. The van der Waals surface area contributed by atoms with Crippen molar-refractivity contribution in [3.8, 4) is 0 Å². The Morgan fingerprint density at radius 1 is 1.14 bits per heavy atom. The van der Waals surface area contributed by atoms with E-state index < -0.39 is 0 Å². The fraction of sp³-hybridized carbons (Fsp3) is 0.647. The van der Waals surface area contributed by atoms with E-state index in [1.54, 1.807) is 6.07 Å². The van der Waals surface area contributed by atoms with Gasteiger partial charge in [0.1, 0.15) is 5.82 Å². The van der Waals surface area contributed by atoms with Crippen molar-refractivity contribution in [1.29, 1.82) is 0 Å². The van der Waals surface area contributed by atoms with Crippen LogP contribution in [0, 0.1) is 5.82 Å². The van der Waals surface area contributed by atoms with Gasteiger partial charge in [-0.3, -0.25) is 0 Å². The maximum Gasteiger partial charge on any atom is 0.129 e. The van der Waals surface area contributed by atoms with Gasteiger partial charge in [-0.15, -0.1) is 0 Å². The summed E-state index contributed by atoms with van der Waals surface area (Å²) < 4.78 is 14.8. The Hall–Kier alpha value is -0.120. The molecule has 21 heavy (non-hydrogen) atoms. The van der Waals surface area contributed by atoms with Crippen LogP contribution >= 0.6 is 27.5 Å². The third-order valence-corrected chi connectivity index (χ3v) is 4.91. The van der Waals surface area contributed by atoms with Crippen molar-refractivity contribution in [2.75, 3.05) is 6.54 Å². The fourth-order valence-electron chi connectivity index (χ4n) is 2.55. The monoisotopic (exact) mass is 377 g/mol. The molecule has 0 radical (unpaired) electrons. The number of halogens is 3. The van der Waals surface area contributed by atoms with Crippen LogP contribution in [0.15, 0.2) is 16.6 Å². The van der Waals surface area contributed by atoms with Crippen LogP contribution in [-0.2, 0) is 0 Å². The van der Waals surface area contributed by atoms with Crippen LogP contribution in [0.1, 0.15) is 70.4 Å². The van der Waals surface area contributed by atoms with E-state index in [4.69, 9.17) is 11.6 Å². The van der Waals surface area contributed by atoms with Gasteiger partial charge in [-0.1, -0.05) is 64.0 Å². The van der Waals surface area contributed by atoms with Gasteiger partial charge in [-0.05, 0) is 41.0 Å². The molecule has 0 amide bonds. The second-order valence-corrected chi connectivity index (χ2v) is 6.72. The van der Waals surface area contributed by atoms with Crippen molar-refractivity contribution in [2.45, 2.75) is 64.8 Å². The highest BCUT2D eigenvalue weighted by atomic mass is 79.9. The molecule has 1 nitrogen and oxygen atoms in total. The highest BCUT2D eigenvalue weighted by Crippen LogP contribution is 2.30. The number of nitrogens with one attached hydrogen (secondary N) is 1. The Morgan fingerprint density at radius 3 is 2.48 bits per heavy atom. The van der Waals surface area contributed by atoms with Gasteiger partial charge >= 0.3 is 0 Å². The molecule has 0 heterocycles. The van der Waals surface area contributed by atoms with E-state index in [1.807, 2.05) is 6.92 Å². The van der Waals surface area contributed by atoms with Crippen molar-refractivity contribution in [1.82, 2.24) is 5.32 Å². The molecule has 0 saturated heterocycles. The van der Waals surface area contributed by atoms with Crippen LogP contribution in [0.5, 0.6) is 0 Å². The number of hydrogen-bond acceptors (Lipinski definition) is 1. The van der Waals surface area contributed by atoms with E-state index in [0.29, 0.717) is 15.1 Å². The standard InChI is InChI=1S/C17H26BrClFN/c1-3-5-6-7-8-9-10-17(21-4-2)13-11-15(19)14(18)12-16(13)20/h11-12,17,21H,3-10H2,1-2H3. The summed E-state index contributed by atoms with van der Waals surface area (Å²) in [6.07, 6.45) is 8.45. The van der Waals surface area contributed by atoms with Gasteiger partial charge in [-0.2, -0.15) is 0 Å². The van der Waals surface area contributed by atoms with Crippen LogP contribution < -0.4 is 5.32 Å². The lowest BCUT2D eigenvalue weighted by molar-refractivity contribution is 0.457. The van der Waals surface area contributed by atoms with Crippen LogP contribution in [0.25, 0.3) is 0 Å². The molecule has 0 bridgehead atoms. The van der Waals surface area contributed by atoms with Crippen LogP contribution in [0.2, 0.25) is 5.02 Å². The first-order valence-corrected chi connectivity index (χ1v) is 9.15. The first-order valence-electron chi connectivity index (χ1n) is 7.98. The molecule has 0 aromatic heterocycles. The van der Waals surface area contributed by atoms with Gasteiger partial charge in [0.25, 0.3) is 0 Å². The summed E-state index contributed by atoms with van der Waals surface area (Å²) in [4.78, 5) is 0. The SMILES string of the molecule is CCCCCCCCC(NCC)c1cc(Cl)c(Br)cc1F. The van der Waals surface area contributed by atoms with Crippen LogP contribution in [0.4, 0.5) is 4.39 Å². The van der Waals surface area contributed by atoms with Crippen molar-refractivity contribution in [2.24, 2.45) is 0 Å². The zero-order valence-corrected chi connectivity index (χ0v) is 15.4. The molecule has 1 atom stereocenters. The maximum atomic E-state index is 14.2. The van der Waals surface area contributed by atoms with E-state index in [9.17, 15) is 4.39 Å². The van der Waals surface area contributed by atoms with E-state index >= 15 is 0 Å². The quantitative estimate of drug-likeness (QED) is 0.355. The second-order valence-electron chi connectivity index (χ2n) is 5.45. The maximum absolute atomic E-state index is 14.2. The van der Waals surface area contributed by atoms with Gasteiger partial charge in [0, 0.05) is 16.1 Å². The Balaban J connectivity index is 2.58. The van der Waals surface area contributed by atoms with Gasteiger partial charge in [0.05, 0.1) is 5.02 Å². The largest absolute Gasteiger partial charge is 0.310 e. The molecule has 0 aliphatic rings. The molecule has 1 unspecified atom stereocenters. The van der Waals surface area contributed by atoms with E-state index in [0.717, 1.165) is 19.4 Å². The first kappa shape index (κ1) is 18.9. The van der Waals surface area contributed by atoms with Crippen molar-refractivity contribution in [3.63, 3.8) is 0 Å². The second kappa shape index (κ2) is 10.6. The van der Waals surface area contributed by atoms with Crippen LogP contribution in [0.3, 0.4) is 0 Å². The summed E-state index contributed by atoms with van der Waals surface area (Å²) in [5, 5.41) is 3.94. The number of hydrogen-bond donors (Lipinski definition) is 1.